The van der Waals surface area contributed by atoms with Gasteiger partial charge in [-0.05, 0) is 55.3 Å². The van der Waals surface area contributed by atoms with E-state index in [-0.39, 0.29) is 17.8 Å². The van der Waals surface area contributed by atoms with E-state index in [9.17, 15) is 4.79 Å². The van der Waals surface area contributed by atoms with E-state index < -0.39 is 0 Å². The molecule has 3 aromatic rings. The zero-order chi connectivity index (χ0) is 17.9. The summed E-state index contributed by atoms with van der Waals surface area (Å²) in [6.07, 6.45) is 2.81. The number of nitrogens with zero attached hydrogens (tertiary/aromatic N) is 1. The van der Waals surface area contributed by atoms with Crippen molar-refractivity contribution < 1.29 is 18.7 Å². The summed E-state index contributed by atoms with van der Waals surface area (Å²) in [6.45, 7) is 0.719. The van der Waals surface area contributed by atoms with Gasteiger partial charge in [0.15, 0.2) is 12.1 Å². The molecule has 0 spiro atoms. The average molecular weight is 347 g/mol. The van der Waals surface area contributed by atoms with Gasteiger partial charge in [-0.2, -0.15) is 5.26 Å². The highest BCUT2D eigenvalue weighted by Crippen LogP contribution is 2.27. The molecule has 0 aliphatic carbocycles. The third-order valence-corrected chi connectivity index (χ3v) is 4.40. The number of hydrogen-bond acceptors (Lipinski definition) is 5. The fourth-order valence-electron chi connectivity index (χ4n) is 2.99. The molecule has 130 valence electrons. The summed E-state index contributed by atoms with van der Waals surface area (Å²) in [4.78, 5) is 12.6. The smallest absolute Gasteiger partial charge is 0.228 e. The summed E-state index contributed by atoms with van der Waals surface area (Å²) in [5, 5.41) is 9.68. The third-order valence-electron chi connectivity index (χ3n) is 4.40. The zero-order valence-corrected chi connectivity index (χ0v) is 14.1. The third kappa shape index (κ3) is 3.32. The molecule has 2 aromatic carbocycles. The fourth-order valence-corrected chi connectivity index (χ4v) is 2.99. The molecule has 2 heterocycles. The fraction of sp³-hybridized carbons (Fsp3) is 0.238. The summed E-state index contributed by atoms with van der Waals surface area (Å²) in [5.74, 6) is 0.704. The minimum absolute atomic E-state index is 0.219. The van der Waals surface area contributed by atoms with Crippen LogP contribution in [0.2, 0.25) is 0 Å². The van der Waals surface area contributed by atoms with Crippen LogP contribution in [0.3, 0.4) is 0 Å². The van der Waals surface area contributed by atoms with Crippen LogP contribution in [0.4, 0.5) is 0 Å². The van der Waals surface area contributed by atoms with Crippen molar-refractivity contribution in [1.29, 1.82) is 5.26 Å². The molecule has 1 aliphatic rings. The average Bonchev–Trinajstić information content (AvgIpc) is 3.11. The molecule has 0 amide bonds. The van der Waals surface area contributed by atoms with Gasteiger partial charge in [-0.3, -0.25) is 4.79 Å². The monoisotopic (exact) mass is 347 g/mol. The summed E-state index contributed by atoms with van der Waals surface area (Å²) in [5.41, 5.74) is 1.59. The highest BCUT2D eigenvalue weighted by Gasteiger charge is 2.18. The number of rotatable bonds is 4. The highest BCUT2D eigenvalue weighted by atomic mass is 16.7. The van der Waals surface area contributed by atoms with Gasteiger partial charge in [-0.1, -0.05) is 0 Å². The largest absolute Gasteiger partial charge is 0.465 e. The quantitative estimate of drug-likeness (QED) is 0.652. The lowest BCUT2D eigenvalue weighted by molar-refractivity contribution is -0.105. The molecule has 5 heteroatoms. The lowest BCUT2D eigenvalue weighted by Crippen LogP contribution is -2.24. The molecule has 0 saturated carbocycles. The number of carbonyl (C=O) groups excluding carboxylic acids is 1. The van der Waals surface area contributed by atoms with E-state index in [1.54, 1.807) is 36.4 Å². The van der Waals surface area contributed by atoms with E-state index in [1.165, 1.54) is 0 Å². The molecule has 0 bridgehead atoms. The van der Waals surface area contributed by atoms with Crippen LogP contribution in [0.1, 0.15) is 40.9 Å². The van der Waals surface area contributed by atoms with Crippen molar-refractivity contribution in [2.45, 2.75) is 25.6 Å². The Kier molecular flexibility index (Phi) is 4.42. The minimum Gasteiger partial charge on any atom is -0.465 e. The molecule has 1 saturated heterocycles. The number of furan rings is 1. The molecule has 1 aromatic heterocycles. The van der Waals surface area contributed by atoms with Gasteiger partial charge in [0.25, 0.3) is 0 Å². The summed E-state index contributed by atoms with van der Waals surface area (Å²) < 4.78 is 17.2. The van der Waals surface area contributed by atoms with E-state index in [2.05, 4.69) is 0 Å². The molecular weight excluding hydrogens is 330 g/mol. The minimum atomic E-state index is -0.226. The van der Waals surface area contributed by atoms with Crippen molar-refractivity contribution >= 4 is 16.8 Å². The first-order valence-corrected chi connectivity index (χ1v) is 8.60. The Bertz CT molecular complexity index is 975. The molecule has 4 rings (SSSR count). The van der Waals surface area contributed by atoms with Gasteiger partial charge < -0.3 is 13.9 Å². The second-order valence-electron chi connectivity index (χ2n) is 6.24. The van der Waals surface area contributed by atoms with Gasteiger partial charge in [-0.15, -0.1) is 0 Å². The molecular formula is C21H17NO4. The van der Waals surface area contributed by atoms with Gasteiger partial charge in [-0.25, -0.2) is 0 Å². The molecule has 1 atom stereocenters. The number of nitriles is 1. The second kappa shape index (κ2) is 7.03. The lowest BCUT2D eigenvalue weighted by atomic mass is 10.1. The van der Waals surface area contributed by atoms with E-state index >= 15 is 0 Å². The Labute approximate surface area is 150 Å². The van der Waals surface area contributed by atoms with Crippen molar-refractivity contribution in [3.05, 3.63) is 65.4 Å². The Morgan fingerprint density at radius 1 is 1.12 bits per heavy atom. The maximum Gasteiger partial charge on any atom is 0.228 e. The zero-order valence-electron chi connectivity index (χ0n) is 14.1. The first kappa shape index (κ1) is 16.4. The number of benzene rings is 2. The number of ether oxygens (including phenoxy) is 2. The van der Waals surface area contributed by atoms with Crippen LogP contribution in [-0.4, -0.2) is 18.7 Å². The molecule has 0 radical (unpaired) electrons. The van der Waals surface area contributed by atoms with Crippen LogP contribution < -0.4 is 4.74 Å². The SMILES string of the molecule is N#Cc1ccc(C(=O)c2cc3ccc(OC4CCCCO4)cc3o2)cc1. The molecule has 1 unspecified atom stereocenters. The van der Waals surface area contributed by atoms with E-state index in [4.69, 9.17) is 19.2 Å². The number of ketones is 1. The summed E-state index contributed by atoms with van der Waals surface area (Å²) in [7, 11) is 0. The van der Waals surface area contributed by atoms with Crippen molar-refractivity contribution in [2.24, 2.45) is 0 Å². The van der Waals surface area contributed by atoms with Crippen molar-refractivity contribution in [3.63, 3.8) is 0 Å². The molecule has 0 N–H and O–H groups in total. The van der Waals surface area contributed by atoms with Crippen molar-refractivity contribution in [1.82, 2.24) is 0 Å². The van der Waals surface area contributed by atoms with Crippen LogP contribution in [-0.2, 0) is 4.74 Å². The van der Waals surface area contributed by atoms with E-state index in [1.807, 2.05) is 18.2 Å². The molecule has 1 fully saturated rings. The van der Waals surface area contributed by atoms with Crippen LogP contribution in [0.15, 0.2) is 52.9 Å². The van der Waals surface area contributed by atoms with Gasteiger partial charge in [0, 0.05) is 23.4 Å². The van der Waals surface area contributed by atoms with Crippen molar-refractivity contribution in [3.8, 4) is 11.8 Å². The first-order valence-electron chi connectivity index (χ1n) is 8.60. The predicted molar refractivity (Wildman–Crippen MR) is 95.0 cm³/mol. The molecule has 26 heavy (non-hydrogen) atoms. The summed E-state index contributed by atoms with van der Waals surface area (Å²) >= 11 is 0. The van der Waals surface area contributed by atoms with Crippen LogP contribution in [0.5, 0.6) is 5.75 Å². The van der Waals surface area contributed by atoms with E-state index in [0.29, 0.717) is 22.5 Å². The van der Waals surface area contributed by atoms with Crippen LogP contribution in [0.25, 0.3) is 11.0 Å². The van der Waals surface area contributed by atoms with Crippen LogP contribution in [0, 0.1) is 11.3 Å². The maximum absolute atomic E-state index is 12.6. The second-order valence-corrected chi connectivity index (χ2v) is 6.24. The Morgan fingerprint density at radius 2 is 1.96 bits per heavy atom. The van der Waals surface area contributed by atoms with Crippen LogP contribution >= 0.6 is 0 Å². The van der Waals surface area contributed by atoms with Gasteiger partial charge in [0.1, 0.15) is 11.3 Å². The van der Waals surface area contributed by atoms with Gasteiger partial charge in [0.05, 0.1) is 18.2 Å². The lowest BCUT2D eigenvalue weighted by Gasteiger charge is -2.23. The summed E-state index contributed by atoms with van der Waals surface area (Å²) in [6, 6.07) is 15.7. The number of fused-ring (bicyclic) bond motifs is 1. The van der Waals surface area contributed by atoms with Gasteiger partial charge >= 0.3 is 0 Å². The Balaban J connectivity index is 1.56. The Hall–Kier alpha value is -3.10. The Morgan fingerprint density at radius 3 is 2.69 bits per heavy atom. The maximum atomic E-state index is 12.6. The van der Waals surface area contributed by atoms with Crippen molar-refractivity contribution in [2.75, 3.05) is 6.61 Å². The predicted octanol–water partition coefficient (Wildman–Crippen LogP) is 4.44. The van der Waals surface area contributed by atoms with Gasteiger partial charge in [0.2, 0.25) is 5.78 Å². The first-order chi connectivity index (χ1) is 12.7. The topological polar surface area (TPSA) is 72.5 Å². The number of carbonyl (C=O) groups is 1. The molecule has 5 nitrogen and oxygen atoms in total. The van der Waals surface area contributed by atoms with E-state index in [0.717, 1.165) is 31.3 Å². The highest BCUT2D eigenvalue weighted by molar-refractivity contribution is 6.09. The normalized spacial score (nSPS) is 17.0. The standard InChI is InChI=1S/C21H17NO4/c22-13-14-4-6-15(7-5-14)21(23)19-11-16-8-9-17(12-18(16)26-19)25-20-3-1-2-10-24-20/h4-9,11-12,20H,1-3,10H2. The molecule has 1 aliphatic heterocycles. The number of hydrogen-bond donors (Lipinski definition) is 0.